The lowest BCUT2D eigenvalue weighted by molar-refractivity contribution is -0.139. The van der Waals surface area contributed by atoms with E-state index in [0.717, 1.165) is 4.31 Å². The van der Waals surface area contributed by atoms with Gasteiger partial charge in [-0.25, -0.2) is 8.42 Å². The van der Waals surface area contributed by atoms with E-state index in [0.29, 0.717) is 22.2 Å². The van der Waals surface area contributed by atoms with Gasteiger partial charge in [-0.05, 0) is 54.8 Å². The van der Waals surface area contributed by atoms with Gasteiger partial charge in [-0.2, -0.15) is 0 Å². The first-order valence-electron chi connectivity index (χ1n) is 12.2. The minimum absolute atomic E-state index is 0.00326. The van der Waals surface area contributed by atoms with Crippen LogP contribution < -0.4 is 9.62 Å². The van der Waals surface area contributed by atoms with Crippen LogP contribution >= 0.6 is 34.8 Å². The summed E-state index contributed by atoms with van der Waals surface area (Å²) in [6.07, 6.45) is 0. The SMILES string of the molecule is CC(C)CNC(=O)[C@@H](C)N(Cc1ccc(Cl)c(Cl)c1)C(=O)CN(c1ccccc1Cl)S(=O)(=O)c1ccccc1. The van der Waals surface area contributed by atoms with Crippen LogP contribution in [0.15, 0.2) is 77.7 Å². The Balaban J connectivity index is 2.02. The van der Waals surface area contributed by atoms with E-state index in [4.69, 9.17) is 34.8 Å². The van der Waals surface area contributed by atoms with Crippen LogP contribution in [-0.2, 0) is 26.2 Å². The number of para-hydroxylation sites is 1. The molecular formula is C28H30Cl3N3O4S. The number of amides is 2. The number of rotatable bonds is 11. The Bertz CT molecular complexity index is 1420. The Morgan fingerprint density at radius 1 is 0.846 bits per heavy atom. The van der Waals surface area contributed by atoms with E-state index in [1.165, 1.54) is 23.1 Å². The number of sulfonamides is 1. The molecule has 0 heterocycles. The maximum Gasteiger partial charge on any atom is 0.264 e. The summed E-state index contributed by atoms with van der Waals surface area (Å²) in [4.78, 5) is 28.2. The average Bonchev–Trinajstić information content (AvgIpc) is 2.91. The number of carbonyl (C=O) groups excluding carboxylic acids is 2. The van der Waals surface area contributed by atoms with Crippen LogP contribution in [0.4, 0.5) is 5.69 Å². The van der Waals surface area contributed by atoms with Crippen LogP contribution in [0.5, 0.6) is 0 Å². The average molecular weight is 611 g/mol. The summed E-state index contributed by atoms with van der Waals surface area (Å²) in [5.74, 6) is -0.771. The molecule has 1 N–H and O–H groups in total. The van der Waals surface area contributed by atoms with E-state index in [2.05, 4.69) is 5.32 Å². The molecule has 3 rings (SSSR count). The monoisotopic (exact) mass is 609 g/mol. The van der Waals surface area contributed by atoms with E-state index < -0.39 is 28.5 Å². The van der Waals surface area contributed by atoms with Crippen LogP contribution in [0.25, 0.3) is 0 Å². The minimum atomic E-state index is -4.20. The third kappa shape index (κ3) is 7.88. The molecule has 7 nitrogen and oxygen atoms in total. The normalized spacial score (nSPS) is 12.2. The van der Waals surface area contributed by atoms with Gasteiger partial charge in [0.1, 0.15) is 12.6 Å². The molecule has 208 valence electrons. The van der Waals surface area contributed by atoms with Crippen LogP contribution in [0.3, 0.4) is 0 Å². The van der Waals surface area contributed by atoms with E-state index in [9.17, 15) is 18.0 Å². The van der Waals surface area contributed by atoms with Gasteiger partial charge in [0.15, 0.2) is 0 Å². The van der Waals surface area contributed by atoms with Crippen molar-refractivity contribution in [2.75, 3.05) is 17.4 Å². The lowest BCUT2D eigenvalue weighted by atomic mass is 10.1. The molecule has 0 saturated carbocycles. The number of hydrogen-bond donors (Lipinski definition) is 1. The highest BCUT2D eigenvalue weighted by Crippen LogP contribution is 2.31. The first-order chi connectivity index (χ1) is 18.4. The predicted molar refractivity (Wildman–Crippen MR) is 157 cm³/mol. The molecule has 0 spiro atoms. The molecule has 0 aliphatic carbocycles. The highest BCUT2D eigenvalue weighted by molar-refractivity contribution is 7.92. The Morgan fingerprint density at radius 2 is 1.49 bits per heavy atom. The molecule has 0 radical (unpaired) electrons. The van der Waals surface area contributed by atoms with Crippen LogP contribution in [0.1, 0.15) is 26.3 Å². The maximum absolute atomic E-state index is 13.9. The summed E-state index contributed by atoms with van der Waals surface area (Å²) in [7, 11) is -4.20. The predicted octanol–water partition coefficient (Wildman–Crippen LogP) is 6.03. The van der Waals surface area contributed by atoms with Gasteiger partial charge in [0.05, 0.1) is 25.7 Å². The number of benzene rings is 3. The van der Waals surface area contributed by atoms with E-state index >= 15 is 0 Å². The van der Waals surface area contributed by atoms with Crippen LogP contribution in [-0.4, -0.2) is 44.3 Å². The number of hydrogen-bond acceptors (Lipinski definition) is 4. The molecule has 0 saturated heterocycles. The number of carbonyl (C=O) groups is 2. The van der Waals surface area contributed by atoms with Gasteiger partial charge >= 0.3 is 0 Å². The van der Waals surface area contributed by atoms with Crippen molar-refractivity contribution < 1.29 is 18.0 Å². The zero-order valence-electron chi connectivity index (χ0n) is 21.8. The zero-order chi connectivity index (χ0) is 28.7. The van der Waals surface area contributed by atoms with E-state index in [1.807, 2.05) is 13.8 Å². The summed E-state index contributed by atoms with van der Waals surface area (Å²) in [5.41, 5.74) is 0.763. The summed E-state index contributed by atoms with van der Waals surface area (Å²) in [6.45, 7) is 5.33. The molecule has 3 aromatic carbocycles. The van der Waals surface area contributed by atoms with Crippen molar-refractivity contribution in [2.24, 2.45) is 5.92 Å². The third-order valence-electron chi connectivity index (χ3n) is 5.92. The molecule has 0 bridgehead atoms. The molecule has 39 heavy (non-hydrogen) atoms. The highest BCUT2D eigenvalue weighted by atomic mass is 35.5. The van der Waals surface area contributed by atoms with Gasteiger partial charge in [-0.15, -0.1) is 0 Å². The molecule has 0 aromatic heterocycles. The van der Waals surface area contributed by atoms with Crippen molar-refractivity contribution in [2.45, 2.75) is 38.3 Å². The summed E-state index contributed by atoms with van der Waals surface area (Å²) >= 11 is 18.7. The largest absolute Gasteiger partial charge is 0.354 e. The van der Waals surface area contributed by atoms with Gasteiger partial charge in [-0.1, -0.05) is 85.0 Å². The van der Waals surface area contributed by atoms with E-state index in [-0.39, 0.29) is 34.0 Å². The Labute approximate surface area is 244 Å². The molecule has 0 aliphatic rings. The first kappa shape index (κ1) is 30.8. The number of nitrogens with zero attached hydrogens (tertiary/aromatic N) is 2. The summed E-state index contributed by atoms with van der Waals surface area (Å²) in [6, 6.07) is 18.1. The van der Waals surface area contributed by atoms with Crippen LogP contribution in [0.2, 0.25) is 15.1 Å². The molecule has 3 aromatic rings. The Morgan fingerprint density at radius 3 is 2.10 bits per heavy atom. The number of anilines is 1. The fourth-order valence-corrected chi connectivity index (χ4v) is 5.82. The van der Waals surface area contributed by atoms with Crippen molar-refractivity contribution in [3.8, 4) is 0 Å². The quantitative estimate of drug-likeness (QED) is 0.287. The fourth-order valence-electron chi connectivity index (χ4n) is 3.76. The van der Waals surface area contributed by atoms with Crippen LogP contribution in [0, 0.1) is 5.92 Å². The lowest BCUT2D eigenvalue weighted by Crippen LogP contribution is -2.51. The van der Waals surface area contributed by atoms with Gasteiger partial charge in [0.25, 0.3) is 10.0 Å². The summed E-state index contributed by atoms with van der Waals surface area (Å²) < 4.78 is 28.5. The summed E-state index contributed by atoms with van der Waals surface area (Å²) in [5, 5.41) is 3.64. The van der Waals surface area contributed by atoms with Crippen molar-refractivity contribution in [1.82, 2.24) is 10.2 Å². The first-order valence-corrected chi connectivity index (χ1v) is 14.8. The second-order valence-electron chi connectivity index (χ2n) is 9.36. The molecule has 0 fully saturated rings. The lowest BCUT2D eigenvalue weighted by Gasteiger charge is -2.32. The highest BCUT2D eigenvalue weighted by Gasteiger charge is 2.33. The second kappa shape index (κ2) is 13.5. The number of halogens is 3. The Hall–Kier alpha value is -2.78. The molecule has 0 aliphatic heterocycles. The smallest absolute Gasteiger partial charge is 0.264 e. The molecule has 11 heteroatoms. The molecular weight excluding hydrogens is 581 g/mol. The fraction of sp³-hybridized carbons (Fsp3) is 0.286. The topological polar surface area (TPSA) is 86.8 Å². The zero-order valence-corrected chi connectivity index (χ0v) is 24.9. The van der Waals surface area contributed by atoms with Gasteiger partial charge < -0.3 is 10.2 Å². The minimum Gasteiger partial charge on any atom is -0.354 e. The number of nitrogens with one attached hydrogen (secondary N) is 1. The Kier molecular flexibility index (Phi) is 10.7. The van der Waals surface area contributed by atoms with Crippen molar-refractivity contribution in [1.29, 1.82) is 0 Å². The standard InChI is InChI=1S/C28H30Cl3N3O4S/c1-19(2)16-32-28(36)20(3)33(17-21-13-14-23(29)25(31)15-21)27(35)18-34(26-12-8-7-11-24(26)30)39(37,38)22-9-5-4-6-10-22/h4-15,19-20H,16-18H2,1-3H3,(H,32,36)/t20-/m1/s1. The second-order valence-corrected chi connectivity index (χ2v) is 12.4. The van der Waals surface area contributed by atoms with Crippen molar-refractivity contribution in [3.05, 3.63) is 93.4 Å². The van der Waals surface area contributed by atoms with Crippen molar-refractivity contribution in [3.63, 3.8) is 0 Å². The van der Waals surface area contributed by atoms with E-state index in [1.54, 1.807) is 61.5 Å². The van der Waals surface area contributed by atoms with Gasteiger partial charge in [0.2, 0.25) is 11.8 Å². The van der Waals surface area contributed by atoms with Gasteiger partial charge in [-0.3, -0.25) is 13.9 Å². The molecule has 2 amide bonds. The van der Waals surface area contributed by atoms with Gasteiger partial charge in [0, 0.05) is 13.1 Å². The van der Waals surface area contributed by atoms with Crippen molar-refractivity contribution >= 4 is 62.3 Å². The third-order valence-corrected chi connectivity index (χ3v) is 8.75. The molecule has 0 unspecified atom stereocenters. The molecule has 1 atom stereocenters. The maximum atomic E-state index is 13.9.